The average Bonchev–Trinajstić information content (AvgIpc) is 3.25. The zero-order chi connectivity index (χ0) is 35.7. The zero-order valence-electron chi connectivity index (χ0n) is 28.2. The molecule has 0 aromatic heterocycles. The van der Waals surface area contributed by atoms with Crippen molar-refractivity contribution in [3.63, 3.8) is 0 Å². The number of hydrogen-bond acceptors (Lipinski definition) is 6. The first-order chi connectivity index (χ1) is 23.5. The highest BCUT2D eigenvalue weighted by Gasteiger charge is 2.42. The van der Waals surface area contributed by atoms with Crippen molar-refractivity contribution >= 4 is 0 Å². The van der Waals surface area contributed by atoms with Gasteiger partial charge in [-0.15, -0.1) is 0 Å². The summed E-state index contributed by atoms with van der Waals surface area (Å²) in [5.74, 6) is -9.29. The van der Waals surface area contributed by atoms with Crippen LogP contribution in [0.4, 0.5) is 26.3 Å². The van der Waals surface area contributed by atoms with Gasteiger partial charge in [-0.3, -0.25) is 0 Å². The lowest BCUT2D eigenvalue weighted by molar-refractivity contribution is -0.167. The van der Waals surface area contributed by atoms with Crippen LogP contribution in [0.2, 0.25) is 0 Å². The number of methoxy groups -OCH3 is 6. The molecule has 0 amide bonds. The molecule has 7 nitrogen and oxygen atoms in total. The second kappa shape index (κ2) is 14.5. The van der Waals surface area contributed by atoms with Crippen LogP contribution in [-0.2, 0) is 17.6 Å². The smallest absolute Gasteiger partial charge is 0.204 e. The normalized spacial score (nSPS) is 16.0. The van der Waals surface area contributed by atoms with E-state index in [0.717, 1.165) is 24.6 Å². The van der Waals surface area contributed by atoms with Gasteiger partial charge < -0.3 is 32.8 Å². The summed E-state index contributed by atoms with van der Waals surface area (Å²) in [5.41, 5.74) is 1.86. The summed E-state index contributed by atoms with van der Waals surface area (Å²) in [6.07, 6.45) is 1.94. The van der Waals surface area contributed by atoms with Gasteiger partial charge in [0, 0.05) is 46.6 Å². The number of rotatable bonds is 11. The highest BCUT2D eigenvalue weighted by atomic mass is 19.2. The summed E-state index contributed by atoms with van der Waals surface area (Å²) >= 11 is 0. The summed E-state index contributed by atoms with van der Waals surface area (Å²) in [7, 11) is 8.18. The molecule has 264 valence electrons. The molecule has 0 N–H and O–H groups in total. The lowest BCUT2D eigenvalue weighted by Gasteiger charge is -2.28. The third-order valence-electron chi connectivity index (χ3n) is 8.78. The Kier molecular flexibility index (Phi) is 10.6. The molecule has 13 heteroatoms. The standard InChI is InChI=1S/C36H37F6O7/c1-8-9-10-49-15-19-25(17-11-21(37)29(41)22(38)12-17)31(43-2)35(47-6)33(45-4)27(19)28-20(16-49)26(18-13-23(39)30(42)24(40)14-18)32(44-3)36(48-7)34(28)46-5/h11-13,18H,8-10,14-16H2,1-7H3/q+1. The molecule has 0 radical (unpaired) electrons. The van der Waals surface area contributed by atoms with Crippen LogP contribution in [0.5, 0.6) is 34.5 Å². The van der Waals surface area contributed by atoms with Gasteiger partial charge in [-0.25, -0.2) is 26.3 Å². The van der Waals surface area contributed by atoms with Crippen molar-refractivity contribution in [2.24, 2.45) is 0 Å². The topological polar surface area (TPSA) is 58.1 Å². The first-order valence-electron chi connectivity index (χ1n) is 15.4. The Balaban J connectivity index is 2.05. The molecular weight excluding hydrogens is 658 g/mol. The number of hydrogen-bond donors (Lipinski definition) is 0. The first kappa shape index (κ1) is 35.8. The molecule has 0 saturated carbocycles. The Morgan fingerprint density at radius 1 is 0.653 bits per heavy atom. The van der Waals surface area contributed by atoms with Crippen molar-refractivity contribution in [2.45, 2.75) is 45.3 Å². The van der Waals surface area contributed by atoms with E-state index in [1.807, 2.05) is 6.92 Å². The van der Waals surface area contributed by atoms with E-state index in [2.05, 4.69) is 4.37 Å². The average molecular weight is 696 g/mol. The van der Waals surface area contributed by atoms with Crippen LogP contribution in [-0.4, -0.2) is 49.3 Å². The van der Waals surface area contributed by atoms with Crippen LogP contribution < -0.4 is 28.4 Å². The molecule has 0 saturated heterocycles. The van der Waals surface area contributed by atoms with E-state index in [-0.39, 0.29) is 64.4 Å². The van der Waals surface area contributed by atoms with E-state index in [4.69, 9.17) is 28.4 Å². The van der Waals surface area contributed by atoms with Gasteiger partial charge in [0.2, 0.25) is 11.5 Å². The van der Waals surface area contributed by atoms with Crippen LogP contribution in [0, 0.1) is 17.5 Å². The SMILES string of the molecule is CCCC[O+]1Cc2c(-c3cc(F)c(F)c(F)c3)c(OC)c(OC)c(OC)c2-c2c(c(C3C=C(F)C(F)=C(F)C3)c(OC)c(OC)c2OC)C1. The predicted molar refractivity (Wildman–Crippen MR) is 171 cm³/mol. The van der Waals surface area contributed by atoms with Crippen molar-refractivity contribution in [3.8, 4) is 56.8 Å². The highest BCUT2D eigenvalue weighted by Crippen LogP contribution is 2.61. The largest absolute Gasteiger partial charge is 0.492 e. The molecule has 1 aliphatic carbocycles. The fourth-order valence-corrected chi connectivity index (χ4v) is 6.71. The quantitative estimate of drug-likeness (QED) is 0.113. The van der Waals surface area contributed by atoms with Gasteiger partial charge in [0.25, 0.3) is 0 Å². The second-order valence-electron chi connectivity index (χ2n) is 11.5. The number of fused-ring (bicyclic) bond motifs is 3. The third-order valence-corrected chi connectivity index (χ3v) is 8.78. The summed E-state index contributed by atoms with van der Waals surface area (Å²) in [6, 6.07) is 1.71. The lowest BCUT2D eigenvalue weighted by atomic mass is 9.81. The predicted octanol–water partition coefficient (Wildman–Crippen LogP) is 9.35. The monoisotopic (exact) mass is 695 g/mol. The van der Waals surface area contributed by atoms with Crippen molar-refractivity contribution in [3.05, 3.63) is 69.8 Å². The molecule has 1 atom stereocenters. The molecule has 0 bridgehead atoms. The van der Waals surface area contributed by atoms with Gasteiger partial charge in [-0.2, -0.15) is 0 Å². The zero-order valence-corrected chi connectivity index (χ0v) is 28.2. The minimum Gasteiger partial charge on any atom is -0.492 e. The molecule has 2 aliphatic rings. The number of allylic oxidation sites excluding steroid dienone is 4. The van der Waals surface area contributed by atoms with E-state index in [9.17, 15) is 26.3 Å². The van der Waals surface area contributed by atoms with Gasteiger partial charge in [-0.1, -0.05) is 6.92 Å². The maximum atomic E-state index is 14.9. The molecule has 1 heterocycles. The molecule has 1 unspecified atom stereocenters. The molecule has 0 fully saturated rings. The Labute approximate surface area is 280 Å². The molecule has 0 spiro atoms. The van der Waals surface area contributed by atoms with Crippen molar-refractivity contribution in [1.29, 1.82) is 0 Å². The first-order valence-corrected chi connectivity index (χ1v) is 15.4. The van der Waals surface area contributed by atoms with Crippen molar-refractivity contribution < 1.29 is 59.1 Å². The Morgan fingerprint density at radius 2 is 1.14 bits per heavy atom. The van der Waals surface area contributed by atoms with E-state index in [0.29, 0.717) is 35.3 Å². The van der Waals surface area contributed by atoms with Gasteiger partial charge in [-0.05, 0) is 30.2 Å². The van der Waals surface area contributed by atoms with Gasteiger partial charge >= 0.3 is 0 Å². The minimum atomic E-state index is -1.65. The minimum absolute atomic E-state index is 0.0277. The molecule has 1 aliphatic heterocycles. The van der Waals surface area contributed by atoms with Crippen LogP contribution in [0.1, 0.15) is 48.8 Å². The molecule has 49 heavy (non-hydrogen) atoms. The lowest BCUT2D eigenvalue weighted by Crippen LogP contribution is -2.17. The number of ether oxygens (including phenoxy) is 6. The molecule has 3 aromatic rings. The van der Waals surface area contributed by atoms with Crippen LogP contribution in [0.3, 0.4) is 0 Å². The van der Waals surface area contributed by atoms with E-state index >= 15 is 0 Å². The third kappa shape index (κ3) is 6.02. The number of unbranched alkanes of at least 4 members (excludes halogenated alkanes) is 1. The molecule has 3 aromatic carbocycles. The fourth-order valence-electron chi connectivity index (χ4n) is 6.71. The maximum Gasteiger partial charge on any atom is 0.204 e. The van der Waals surface area contributed by atoms with Gasteiger partial charge in [0.1, 0.15) is 12.4 Å². The van der Waals surface area contributed by atoms with E-state index < -0.39 is 47.3 Å². The molecule has 5 rings (SSSR count). The Morgan fingerprint density at radius 3 is 1.65 bits per heavy atom. The Bertz CT molecular complexity index is 1810. The van der Waals surface area contributed by atoms with Gasteiger partial charge in [0.15, 0.2) is 65.3 Å². The Hall–Kier alpha value is -4.52. The fraction of sp³-hybridized carbons (Fsp3) is 0.389. The number of benzene rings is 3. The summed E-state index contributed by atoms with van der Waals surface area (Å²) in [5, 5.41) is 0. The van der Waals surface area contributed by atoms with Crippen LogP contribution >= 0.6 is 0 Å². The van der Waals surface area contributed by atoms with Crippen LogP contribution in [0.25, 0.3) is 22.3 Å². The highest BCUT2D eigenvalue weighted by molar-refractivity contribution is 5.95. The summed E-state index contributed by atoms with van der Waals surface area (Å²) < 4.78 is 126. The molecular formula is C36H37F6O7+. The van der Waals surface area contributed by atoms with E-state index in [1.165, 1.54) is 42.7 Å². The van der Waals surface area contributed by atoms with Gasteiger partial charge in [0.05, 0.1) is 48.2 Å². The maximum absolute atomic E-state index is 14.9. The second-order valence-corrected chi connectivity index (χ2v) is 11.5. The number of halogens is 6. The summed E-state index contributed by atoms with van der Waals surface area (Å²) in [6.45, 7) is 2.52. The van der Waals surface area contributed by atoms with Crippen molar-refractivity contribution in [1.82, 2.24) is 0 Å². The summed E-state index contributed by atoms with van der Waals surface area (Å²) in [4.78, 5) is 0. The van der Waals surface area contributed by atoms with E-state index in [1.54, 1.807) is 0 Å². The van der Waals surface area contributed by atoms with Crippen molar-refractivity contribution in [2.75, 3.05) is 49.3 Å². The van der Waals surface area contributed by atoms with Crippen LogP contribution in [0.15, 0.2) is 35.7 Å².